The number of nitrogens with zero attached hydrogens (tertiary/aromatic N) is 4. The van der Waals surface area contributed by atoms with Crippen molar-refractivity contribution in [2.75, 3.05) is 36.0 Å². The van der Waals surface area contributed by atoms with Crippen molar-refractivity contribution in [3.8, 4) is 0 Å². The van der Waals surface area contributed by atoms with Crippen molar-refractivity contribution in [1.82, 2.24) is 4.98 Å². The highest BCUT2D eigenvalue weighted by Gasteiger charge is 2.33. The number of hydrogen-bond donors (Lipinski definition) is 0. The molecular formula is C22H23FN4O. The van der Waals surface area contributed by atoms with Crippen molar-refractivity contribution < 1.29 is 9.18 Å². The van der Waals surface area contributed by atoms with E-state index >= 15 is 0 Å². The summed E-state index contributed by atoms with van der Waals surface area (Å²) in [5.74, 6) is 0.522. The summed E-state index contributed by atoms with van der Waals surface area (Å²) in [7, 11) is 0. The van der Waals surface area contributed by atoms with E-state index in [1.807, 2.05) is 0 Å². The van der Waals surface area contributed by atoms with Crippen LogP contribution in [0.5, 0.6) is 0 Å². The molecule has 1 aromatic carbocycles. The van der Waals surface area contributed by atoms with Gasteiger partial charge in [0.15, 0.2) is 5.78 Å². The first kappa shape index (κ1) is 18.4. The van der Waals surface area contributed by atoms with Crippen molar-refractivity contribution >= 4 is 23.0 Å². The molecule has 0 bridgehead atoms. The van der Waals surface area contributed by atoms with Crippen LogP contribution in [-0.4, -0.2) is 36.9 Å². The molecule has 0 saturated carbocycles. The number of carbonyl (C=O) groups is 1. The lowest BCUT2D eigenvalue weighted by Crippen LogP contribution is -2.47. The molecule has 5 nitrogen and oxygen atoms in total. The Labute approximate surface area is 164 Å². The maximum absolute atomic E-state index is 13.2. The predicted molar refractivity (Wildman–Crippen MR) is 108 cm³/mol. The van der Waals surface area contributed by atoms with Crippen molar-refractivity contribution in [3.05, 3.63) is 58.8 Å². The number of Topliss-reactive ketones (excluding diaryl/α,β-unsaturated/α-hetero) is 1. The van der Waals surface area contributed by atoms with Gasteiger partial charge in [-0.2, -0.15) is 0 Å². The van der Waals surface area contributed by atoms with Gasteiger partial charge in [0.25, 0.3) is 0 Å². The summed E-state index contributed by atoms with van der Waals surface area (Å²) in [6.45, 7) is 14.7. The number of ketones is 1. The number of pyridine rings is 1. The first-order valence-electron chi connectivity index (χ1n) is 9.56. The molecule has 1 aromatic heterocycles. The standard InChI is InChI=1S/C22H23FN4O/c1-22(2)13-19-17(20(28)14-22)12-18(24-3)21(25-19)27-10-8-26(9-11-27)16-6-4-15(23)5-7-16/h4-7,12H,8-11,13-14H2,1-2H3. The highest BCUT2D eigenvalue weighted by Crippen LogP contribution is 2.38. The summed E-state index contributed by atoms with van der Waals surface area (Å²) in [6, 6.07) is 8.26. The predicted octanol–water partition coefficient (Wildman–Crippen LogP) is 4.25. The van der Waals surface area contributed by atoms with Crippen molar-refractivity contribution in [3.63, 3.8) is 0 Å². The van der Waals surface area contributed by atoms with E-state index in [-0.39, 0.29) is 17.0 Å². The Balaban J connectivity index is 1.57. The molecule has 0 radical (unpaired) electrons. The van der Waals surface area contributed by atoms with Gasteiger partial charge < -0.3 is 9.80 Å². The average molecular weight is 378 g/mol. The second-order valence-corrected chi connectivity index (χ2v) is 8.33. The minimum absolute atomic E-state index is 0.0799. The molecule has 1 saturated heterocycles. The third-order valence-electron chi connectivity index (χ3n) is 5.54. The average Bonchev–Trinajstić information content (AvgIpc) is 2.67. The molecular weight excluding hydrogens is 355 g/mol. The summed E-state index contributed by atoms with van der Waals surface area (Å²) in [6.07, 6.45) is 1.24. The lowest BCUT2D eigenvalue weighted by atomic mass is 9.75. The minimum atomic E-state index is -0.236. The molecule has 2 aliphatic rings. The minimum Gasteiger partial charge on any atom is -0.368 e. The van der Waals surface area contributed by atoms with Gasteiger partial charge in [0, 0.05) is 43.9 Å². The van der Waals surface area contributed by atoms with Gasteiger partial charge in [0.05, 0.1) is 12.3 Å². The third-order valence-corrected chi connectivity index (χ3v) is 5.54. The molecule has 4 rings (SSSR count). The van der Waals surface area contributed by atoms with Crippen molar-refractivity contribution in [2.45, 2.75) is 26.7 Å². The molecule has 0 atom stereocenters. The van der Waals surface area contributed by atoms with Crippen LogP contribution in [0, 0.1) is 17.8 Å². The highest BCUT2D eigenvalue weighted by molar-refractivity contribution is 6.00. The van der Waals surface area contributed by atoms with Crippen LogP contribution in [0.25, 0.3) is 4.85 Å². The lowest BCUT2D eigenvalue weighted by Gasteiger charge is -2.38. The summed E-state index contributed by atoms with van der Waals surface area (Å²) in [5, 5.41) is 0. The Morgan fingerprint density at radius 1 is 1.07 bits per heavy atom. The van der Waals surface area contributed by atoms with E-state index in [1.54, 1.807) is 18.2 Å². The number of halogens is 1. The Hall–Kier alpha value is -2.94. The molecule has 28 heavy (non-hydrogen) atoms. The number of carbonyl (C=O) groups excluding carboxylic acids is 1. The van der Waals surface area contributed by atoms with E-state index in [0.717, 1.165) is 44.0 Å². The SMILES string of the molecule is [C-]#[N+]c1cc2c(nc1N1CCN(c3ccc(F)cc3)CC1)CC(C)(C)CC2=O. The number of anilines is 2. The van der Waals surface area contributed by atoms with E-state index in [4.69, 9.17) is 11.6 Å². The fraction of sp³-hybridized carbons (Fsp3) is 0.409. The fourth-order valence-corrected chi connectivity index (χ4v) is 4.10. The molecule has 1 fully saturated rings. The van der Waals surface area contributed by atoms with Gasteiger partial charge in [-0.15, -0.1) is 0 Å². The number of hydrogen-bond acceptors (Lipinski definition) is 4. The van der Waals surface area contributed by atoms with Gasteiger partial charge >= 0.3 is 0 Å². The zero-order chi connectivity index (χ0) is 19.9. The van der Waals surface area contributed by atoms with Crippen LogP contribution < -0.4 is 9.80 Å². The topological polar surface area (TPSA) is 40.8 Å². The Kier molecular flexibility index (Phi) is 4.54. The summed E-state index contributed by atoms with van der Waals surface area (Å²) < 4.78 is 13.2. The second kappa shape index (κ2) is 6.90. The van der Waals surface area contributed by atoms with Crippen LogP contribution in [0.1, 0.15) is 36.3 Å². The number of rotatable bonds is 2. The zero-order valence-electron chi connectivity index (χ0n) is 16.2. The van der Waals surface area contributed by atoms with Crippen LogP contribution in [0.3, 0.4) is 0 Å². The first-order chi connectivity index (χ1) is 13.4. The van der Waals surface area contributed by atoms with E-state index in [0.29, 0.717) is 23.5 Å². The molecule has 1 aliphatic heterocycles. The van der Waals surface area contributed by atoms with Gasteiger partial charge in [-0.05, 0) is 42.2 Å². The summed E-state index contributed by atoms with van der Waals surface area (Å²) in [5.41, 5.74) is 2.76. The lowest BCUT2D eigenvalue weighted by molar-refractivity contribution is 0.0910. The van der Waals surface area contributed by atoms with Crippen LogP contribution in [0.4, 0.5) is 21.6 Å². The van der Waals surface area contributed by atoms with Gasteiger partial charge in [-0.3, -0.25) is 4.79 Å². The molecule has 2 heterocycles. The Morgan fingerprint density at radius 2 is 1.71 bits per heavy atom. The van der Waals surface area contributed by atoms with Gasteiger partial charge in [-0.1, -0.05) is 13.8 Å². The molecule has 2 aromatic rings. The van der Waals surface area contributed by atoms with Crippen LogP contribution in [-0.2, 0) is 6.42 Å². The number of aromatic nitrogens is 1. The number of fused-ring (bicyclic) bond motifs is 1. The molecule has 0 spiro atoms. The monoisotopic (exact) mass is 378 g/mol. The van der Waals surface area contributed by atoms with E-state index in [2.05, 4.69) is 28.5 Å². The van der Waals surface area contributed by atoms with Crippen molar-refractivity contribution in [2.24, 2.45) is 5.41 Å². The zero-order valence-corrected chi connectivity index (χ0v) is 16.2. The number of piperazine rings is 1. The number of benzene rings is 1. The quantitative estimate of drug-likeness (QED) is 0.733. The van der Waals surface area contributed by atoms with E-state index in [9.17, 15) is 9.18 Å². The fourth-order valence-electron chi connectivity index (χ4n) is 4.10. The van der Waals surface area contributed by atoms with Crippen molar-refractivity contribution in [1.29, 1.82) is 0 Å². The summed E-state index contributed by atoms with van der Waals surface area (Å²) >= 11 is 0. The molecule has 1 aliphatic carbocycles. The van der Waals surface area contributed by atoms with Gasteiger partial charge in [0.1, 0.15) is 11.6 Å². The van der Waals surface area contributed by atoms with Gasteiger partial charge in [-0.25, -0.2) is 14.2 Å². The first-order valence-corrected chi connectivity index (χ1v) is 9.56. The highest BCUT2D eigenvalue weighted by atomic mass is 19.1. The van der Waals surface area contributed by atoms with E-state index < -0.39 is 0 Å². The molecule has 0 amide bonds. The normalized spacial score (nSPS) is 18.6. The molecule has 0 N–H and O–H groups in total. The maximum atomic E-state index is 13.2. The second-order valence-electron chi connectivity index (χ2n) is 8.33. The smallest absolute Gasteiger partial charge is 0.229 e. The molecule has 0 unspecified atom stereocenters. The van der Waals surface area contributed by atoms with Crippen LogP contribution in [0.2, 0.25) is 0 Å². The van der Waals surface area contributed by atoms with Crippen LogP contribution in [0.15, 0.2) is 30.3 Å². The third kappa shape index (κ3) is 3.45. The Morgan fingerprint density at radius 3 is 2.36 bits per heavy atom. The molecule has 6 heteroatoms. The Bertz CT molecular complexity index is 954. The molecule has 144 valence electrons. The van der Waals surface area contributed by atoms with Crippen LogP contribution >= 0.6 is 0 Å². The largest absolute Gasteiger partial charge is 0.368 e. The van der Waals surface area contributed by atoms with Gasteiger partial charge in [0.2, 0.25) is 5.69 Å². The summed E-state index contributed by atoms with van der Waals surface area (Å²) in [4.78, 5) is 25.3. The maximum Gasteiger partial charge on any atom is 0.229 e. The van der Waals surface area contributed by atoms with E-state index in [1.165, 1.54) is 12.1 Å².